The second-order valence-corrected chi connectivity index (χ2v) is 5.77. The van der Waals surface area contributed by atoms with Gasteiger partial charge in [0.15, 0.2) is 11.5 Å². The molecule has 102 valence electrons. The molecule has 0 amide bonds. The van der Waals surface area contributed by atoms with Crippen molar-refractivity contribution in [3.05, 3.63) is 21.8 Å². The Morgan fingerprint density at radius 1 is 1.22 bits per heavy atom. The monoisotopic (exact) mass is 362 g/mol. The van der Waals surface area contributed by atoms with E-state index in [1.807, 2.05) is 18.2 Å². The topological polar surface area (TPSA) is 18.5 Å². The molecule has 0 heterocycles. The maximum atomic E-state index is 5.93. The first-order valence-corrected chi connectivity index (χ1v) is 7.75. The van der Waals surface area contributed by atoms with Gasteiger partial charge in [-0.05, 0) is 53.1 Å². The SMILES string of the molecule is CCCCC(CC)COc1cc(I)ccc1OC. The van der Waals surface area contributed by atoms with Gasteiger partial charge in [0.05, 0.1) is 13.7 Å². The number of unbranched alkanes of at least 4 members (excludes halogenated alkanes) is 1. The van der Waals surface area contributed by atoms with Gasteiger partial charge in [0, 0.05) is 3.57 Å². The Bertz CT molecular complexity index is 352. The van der Waals surface area contributed by atoms with Crippen LogP contribution in [0.1, 0.15) is 39.5 Å². The van der Waals surface area contributed by atoms with Gasteiger partial charge in [0.25, 0.3) is 0 Å². The molecule has 1 rings (SSSR count). The summed E-state index contributed by atoms with van der Waals surface area (Å²) in [5, 5.41) is 0. The number of benzene rings is 1. The molecule has 0 N–H and O–H groups in total. The summed E-state index contributed by atoms with van der Waals surface area (Å²) < 4.78 is 12.4. The molecule has 1 unspecified atom stereocenters. The van der Waals surface area contributed by atoms with Gasteiger partial charge in [0.1, 0.15) is 0 Å². The lowest BCUT2D eigenvalue weighted by Gasteiger charge is -2.17. The van der Waals surface area contributed by atoms with Crippen LogP contribution in [0.4, 0.5) is 0 Å². The highest BCUT2D eigenvalue weighted by Gasteiger charge is 2.10. The third-order valence-corrected chi connectivity index (χ3v) is 3.81. The summed E-state index contributed by atoms with van der Waals surface area (Å²) in [6, 6.07) is 6.02. The van der Waals surface area contributed by atoms with Crippen LogP contribution in [-0.4, -0.2) is 13.7 Å². The van der Waals surface area contributed by atoms with Crippen LogP contribution in [0.15, 0.2) is 18.2 Å². The minimum absolute atomic E-state index is 0.646. The van der Waals surface area contributed by atoms with E-state index < -0.39 is 0 Å². The largest absolute Gasteiger partial charge is 0.493 e. The standard InChI is InChI=1S/C15H23IO2/c1-4-6-7-12(5-2)11-18-15-10-13(16)8-9-14(15)17-3/h8-10,12H,4-7,11H2,1-3H3. The van der Waals surface area contributed by atoms with Crippen molar-refractivity contribution in [1.82, 2.24) is 0 Å². The summed E-state index contributed by atoms with van der Waals surface area (Å²) in [7, 11) is 1.68. The quantitative estimate of drug-likeness (QED) is 0.613. The molecule has 0 radical (unpaired) electrons. The number of methoxy groups -OCH3 is 1. The Morgan fingerprint density at radius 3 is 2.61 bits per heavy atom. The fourth-order valence-electron chi connectivity index (χ4n) is 1.87. The molecule has 0 saturated carbocycles. The summed E-state index contributed by atoms with van der Waals surface area (Å²) >= 11 is 2.29. The van der Waals surface area contributed by atoms with Gasteiger partial charge < -0.3 is 9.47 Å². The average molecular weight is 362 g/mol. The number of hydrogen-bond acceptors (Lipinski definition) is 2. The highest BCUT2D eigenvalue weighted by atomic mass is 127. The third-order valence-electron chi connectivity index (χ3n) is 3.14. The van der Waals surface area contributed by atoms with Gasteiger partial charge in [-0.1, -0.05) is 33.1 Å². The van der Waals surface area contributed by atoms with Gasteiger partial charge >= 0.3 is 0 Å². The summed E-state index contributed by atoms with van der Waals surface area (Å²) in [5.74, 6) is 2.33. The minimum atomic E-state index is 0.646. The van der Waals surface area contributed by atoms with Crippen LogP contribution in [-0.2, 0) is 0 Å². The van der Waals surface area contributed by atoms with Gasteiger partial charge in [0.2, 0.25) is 0 Å². The summed E-state index contributed by atoms with van der Waals surface area (Å²) in [6.07, 6.45) is 4.96. The molecule has 1 aromatic rings. The first-order valence-electron chi connectivity index (χ1n) is 6.67. The lowest BCUT2D eigenvalue weighted by Crippen LogP contribution is -2.11. The maximum Gasteiger partial charge on any atom is 0.162 e. The molecule has 0 bridgehead atoms. The van der Waals surface area contributed by atoms with Crippen molar-refractivity contribution < 1.29 is 9.47 Å². The highest BCUT2D eigenvalue weighted by molar-refractivity contribution is 14.1. The zero-order valence-corrected chi connectivity index (χ0v) is 13.7. The number of halogens is 1. The van der Waals surface area contributed by atoms with E-state index in [0.717, 1.165) is 18.1 Å². The van der Waals surface area contributed by atoms with E-state index in [4.69, 9.17) is 9.47 Å². The summed E-state index contributed by atoms with van der Waals surface area (Å²) in [5.41, 5.74) is 0. The molecule has 0 fully saturated rings. The van der Waals surface area contributed by atoms with Gasteiger partial charge in [-0.25, -0.2) is 0 Å². The number of ether oxygens (including phenoxy) is 2. The number of rotatable bonds is 8. The van der Waals surface area contributed by atoms with Crippen molar-refractivity contribution in [2.45, 2.75) is 39.5 Å². The first-order chi connectivity index (χ1) is 8.71. The molecule has 0 aliphatic carbocycles. The predicted molar refractivity (Wildman–Crippen MR) is 84.5 cm³/mol. The van der Waals surface area contributed by atoms with Crippen LogP contribution < -0.4 is 9.47 Å². The van der Waals surface area contributed by atoms with Crippen molar-refractivity contribution in [3.8, 4) is 11.5 Å². The average Bonchev–Trinajstić information content (AvgIpc) is 2.39. The van der Waals surface area contributed by atoms with Crippen LogP contribution in [0.5, 0.6) is 11.5 Å². The van der Waals surface area contributed by atoms with E-state index in [0.29, 0.717) is 5.92 Å². The lowest BCUT2D eigenvalue weighted by atomic mass is 10.0. The molecule has 2 nitrogen and oxygen atoms in total. The maximum absolute atomic E-state index is 5.93. The van der Waals surface area contributed by atoms with Crippen LogP contribution in [0.25, 0.3) is 0 Å². The molecule has 1 aromatic carbocycles. The molecule has 0 saturated heterocycles. The van der Waals surface area contributed by atoms with Crippen molar-refractivity contribution >= 4 is 22.6 Å². The van der Waals surface area contributed by atoms with E-state index in [9.17, 15) is 0 Å². The van der Waals surface area contributed by atoms with E-state index in [1.165, 1.54) is 29.3 Å². The number of hydrogen-bond donors (Lipinski definition) is 0. The van der Waals surface area contributed by atoms with Gasteiger partial charge in [-0.3, -0.25) is 0 Å². The first kappa shape index (κ1) is 15.6. The second kappa shape index (κ2) is 8.62. The molecule has 3 heteroatoms. The molecule has 1 atom stereocenters. The Labute approximate surface area is 124 Å². The van der Waals surface area contributed by atoms with Crippen LogP contribution in [0.2, 0.25) is 0 Å². The Hall–Kier alpha value is -0.450. The van der Waals surface area contributed by atoms with Crippen molar-refractivity contribution in [1.29, 1.82) is 0 Å². The van der Waals surface area contributed by atoms with Crippen molar-refractivity contribution in [2.24, 2.45) is 5.92 Å². The van der Waals surface area contributed by atoms with E-state index >= 15 is 0 Å². The van der Waals surface area contributed by atoms with Crippen LogP contribution in [0, 0.1) is 9.49 Å². The normalized spacial score (nSPS) is 12.2. The lowest BCUT2D eigenvalue weighted by molar-refractivity contribution is 0.224. The Kier molecular flexibility index (Phi) is 7.47. The van der Waals surface area contributed by atoms with Crippen molar-refractivity contribution in [2.75, 3.05) is 13.7 Å². The van der Waals surface area contributed by atoms with E-state index in [2.05, 4.69) is 36.4 Å². The van der Waals surface area contributed by atoms with E-state index in [-0.39, 0.29) is 0 Å². The highest BCUT2D eigenvalue weighted by Crippen LogP contribution is 2.29. The van der Waals surface area contributed by atoms with Crippen molar-refractivity contribution in [3.63, 3.8) is 0 Å². The van der Waals surface area contributed by atoms with E-state index in [1.54, 1.807) is 7.11 Å². The fourth-order valence-corrected chi connectivity index (χ4v) is 2.33. The Morgan fingerprint density at radius 2 is 2.00 bits per heavy atom. The van der Waals surface area contributed by atoms with Gasteiger partial charge in [-0.2, -0.15) is 0 Å². The molecule has 0 aliphatic heterocycles. The van der Waals surface area contributed by atoms with Crippen LogP contribution in [0.3, 0.4) is 0 Å². The van der Waals surface area contributed by atoms with Crippen LogP contribution >= 0.6 is 22.6 Å². The Balaban J connectivity index is 2.57. The fraction of sp³-hybridized carbons (Fsp3) is 0.600. The third kappa shape index (κ3) is 5.04. The second-order valence-electron chi connectivity index (χ2n) is 4.52. The smallest absolute Gasteiger partial charge is 0.162 e. The summed E-state index contributed by atoms with van der Waals surface area (Å²) in [4.78, 5) is 0. The predicted octanol–water partition coefficient (Wildman–Crippen LogP) is 4.90. The summed E-state index contributed by atoms with van der Waals surface area (Å²) in [6.45, 7) is 5.25. The molecule has 18 heavy (non-hydrogen) atoms. The zero-order valence-electron chi connectivity index (χ0n) is 11.5. The minimum Gasteiger partial charge on any atom is -0.493 e. The zero-order chi connectivity index (χ0) is 13.4. The molecular weight excluding hydrogens is 339 g/mol. The molecule has 0 aromatic heterocycles. The molecular formula is C15H23IO2. The van der Waals surface area contributed by atoms with Gasteiger partial charge in [-0.15, -0.1) is 0 Å². The molecule has 0 aliphatic rings. The molecule has 0 spiro atoms.